The normalized spacial score (nSPS) is 10.3. The molecule has 0 fully saturated rings. The number of Topliss-reactive ketones (excluding diaryl/α,β-unsaturated/α-hetero) is 1. The van der Waals surface area contributed by atoms with E-state index in [9.17, 15) is 4.79 Å². The first-order valence-electron chi connectivity index (χ1n) is 7.89. The number of carbonyl (C=O) groups is 1. The fraction of sp³-hybridized carbons (Fsp3) is 0.167. The van der Waals surface area contributed by atoms with Crippen molar-refractivity contribution in [2.45, 2.75) is 13.0 Å². The number of nitrogens with two attached hydrogens (primary N) is 1. The SMILES string of the molecule is [C-]#[N+]c1cc(C(=O)Cc2ccnc(CNc3cccnc3N)c2)n(C)n1. The van der Waals surface area contributed by atoms with Crippen LogP contribution in [-0.2, 0) is 20.0 Å². The van der Waals surface area contributed by atoms with Crippen LogP contribution in [0.5, 0.6) is 0 Å². The number of nitrogens with zero attached hydrogens (tertiary/aromatic N) is 5. The molecule has 3 rings (SSSR count). The standard InChI is InChI=1S/C18H17N7O/c1-20-17-10-15(25(2)24-17)16(26)9-12-5-7-21-13(8-12)11-23-14-4-3-6-22-18(14)19/h3-8,10,23H,9,11H2,2H3,(H2,19,22). The summed E-state index contributed by atoms with van der Waals surface area (Å²) in [6.45, 7) is 7.45. The van der Waals surface area contributed by atoms with Crippen LogP contribution in [0.25, 0.3) is 4.85 Å². The van der Waals surface area contributed by atoms with Gasteiger partial charge in [0.2, 0.25) is 0 Å². The van der Waals surface area contributed by atoms with Crippen molar-refractivity contribution < 1.29 is 4.79 Å². The number of hydrogen-bond acceptors (Lipinski definition) is 6. The van der Waals surface area contributed by atoms with E-state index >= 15 is 0 Å². The number of anilines is 2. The van der Waals surface area contributed by atoms with Crippen molar-refractivity contribution in [3.63, 3.8) is 0 Å². The van der Waals surface area contributed by atoms with Crippen LogP contribution in [0.2, 0.25) is 0 Å². The van der Waals surface area contributed by atoms with Gasteiger partial charge >= 0.3 is 0 Å². The topological polar surface area (TPSA) is 103 Å². The van der Waals surface area contributed by atoms with Crippen LogP contribution in [0.15, 0.2) is 42.7 Å². The van der Waals surface area contributed by atoms with Crippen molar-refractivity contribution in [2.24, 2.45) is 7.05 Å². The lowest BCUT2D eigenvalue weighted by atomic mass is 10.1. The molecule has 0 bridgehead atoms. The minimum absolute atomic E-state index is 0.100. The Labute approximate surface area is 150 Å². The smallest absolute Gasteiger partial charge is 0.296 e. The van der Waals surface area contributed by atoms with Gasteiger partial charge in [-0.1, -0.05) is 6.57 Å². The first-order chi connectivity index (χ1) is 12.6. The summed E-state index contributed by atoms with van der Waals surface area (Å²) in [4.78, 5) is 24.0. The second-order valence-corrected chi connectivity index (χ2v) is 5.67. The average Bonchev–Trinajstić information content (AvgIpc) is 3.02. The van der Waals surface area contributed by atoms with E-state index in [2.05, 4.69) is 25.2 Å². The third-order valence-corrected chi connectivity index (χ3v) is 3.81. The van der Waals surface area contributed by atoms with Crippen LogP contribution in [-0.4, -0.2) is 25.5 Å². The highest BCUT2D eigenvalue weighted by Crippen LogP contribution is 2.16. The summed E-state index contributed by atoms with van der Waals surface area (Å²) in [7, 11) is 1.65. The molecular formula is C18H17N7O. The summed E-state index contributed by atoms with van der Waals surface area (Å²) < 4.78 is 1.44. The van der Waals surface area contributed by atoms with E-state index < -0.39 is 0 Å². The third-order valence-electron chi connectivity index (χ3n) is 3.81. The van der Waals surface area contributed by atoms with E-state index in [1.54, 1.807) is 31.6 Å². The molecule has 0 aromatic carbocycles. The average molecular weight is 347 g/mol. The predicted octanol–water partition coefficient (Wildman–Crippen LogP) is 2.38. The highest BCUT2D eigenvalue weighted by Gasteiger charge is 2.15. The van der Waals surface area contributed by atoms with Crippen LogP contribution in [0, 0.1) is 6.57 Å². The molecule has 0 aliphatic heterocycles. The number of pyridine rings is 2. The number of nitrogen functional groups attached to an aromatic ring is 1. The summed E-state index contributed by atoms with van der Waals surface area (Å²) in [6, 6.07) is 8.80. The van der Waals surface area contributed by atoms with E-state index in [1.165, 1.54) is 10.7 Å². The Morgan fingerprint density at radius 3 is 2.88 bits per heavy atom. The number of hydrogen-bond donors (Lipinski definition) is 2. The van der Waals surface area contributed by atoms with Crippen molar-refractivity contribution >= 4 is 23.1 Å². The van der Waals surface area contributed by atoms with Gasteiger partial charge in [-0.05, 0) is 41.0 Å². The fourth-order valence-electron chi connectivity index (χ4n) is 2.53. The summed E-state index contributed by atoms with van der Waals surface area (Å²) >= 11 is 0. The quantitative estimate of drug-likeness (QED) is 0.524. The third kappa shape index (κ3) is 3.84. The maximum atomic E-state index is 12.5. The van der Waals surface area contributed by atoms with E-state index in [4.69, 9.17) is 12.3 Å². The van der Waals surface area contributed by atoms with Gasteiger partial charge in [-0.3, -0.25) is 9.78 Å². The molecule has 0 unspecified atom stereocenters. The lowest BCUT2D eigenvalue weighted by molar-refractivity contribution is 0.0984. The van der Waals surface area contributed by atoms with Gasteiger partial charge in [-0.25, -0.2) is 4.98 Å². The van der Waals surface area contributed by atoms with E-state index in [1.807, 2.05) is 12.1 Å². The Morgan fingerprint density at radius 2 is 2.15 bits per heavy atom. The zero-order valence-electron chi connectivity index (χ0n) is 14.2. The molecule has 26 heavy (non-hydrogen) atoms. The van der Waals surface area contributed by atoms with Crippen molar-refractivity contribution in [1.82, 2.24) is 19.7 Å². The monoisotopic (exact) mass is 347 g/mol. The molecule has 130 valence electrons. The van der Waals surface area contributed by atoms with Crippen molar-refractivity contribution in [3.05, 3.63) is 71.1 Å². The molecule has 3 heterocycles. The highest BCUT2D eigenvalue weighted by molar-refractivity contribution is 5.96. The van der Waals surface area contributed by atoms with Crippen molar-refractivity contribution in [1.29, 1.82) is 0 Å². The molecule has 0 aliphatic carbocycles. The van der Waals surface area contributed by atoms with Crippen LogP contribution in [0.3, 0.4) is 0 Å². The zero-order valence-corrected chi connectivity index (χ0v) is 14.2. The van der Waals surface area contributed by atoms with E-state index in [-0.39, 0.29) is 18.0 Å². The summed E-state index contributed by atoms with van der Waals surface area (Å²) in [6.07, 6.45) is 3.50. The Bertz CT molecular complexity index is 987. The molecule has 0 radical (unpaired) electrons. The van der Waals surface area contributed by atoms with Gasteiger partial charge in [0, 0.05) is 18.8 Å². The highest BCUT2D eigenvalue weighted by atomic mass is 16.1. The summed E-state index contributed by atoms with van der Waals surface area (Å²) in [5, 5.41) is 7.16. The Morgan fingerprint density at radius 1 is 1.31 bits per heavy atom. The maximum absolute atomic E-state index is 12.5. The van der Waals surface area contributed by atoms with Gasteiger partial charge in [0.25, 0.3) is 5.82 Å². The lowest BCUT2D eigenvalue weighted by Gasteiger charge is -2.08. The number of ketones is 1. The van der Waals surface area contributed by atoms with Gasteiger partial charge in [-0.2, -0.15) is 4.68 Å². The fourth-order valence-corrected chi connectivity index (χ4v) is 2.53. The molecule has 3 aromatic rings. The van der Waals surface area contributed by atoms with Gasteiger partial charge in [0.15, 0.2) is 5.78 Å². The van der Waals surface area contributed by atoms with Gasteiger partial charge in [0.1, 0.15) is 11.5 Å². The van der Waals surface area contributed by atoms with Gasteiger partial charge in [-0.15, -0.1) is 0 Å². The second-order valence-electron chi connectivity index (χ2n) is 5.67. The van der Waals surface area contributed by atoms with Crippen LogP contribution in [0.1, 0.15) is 21.7 Å². The number of nitrogens with one attached hydrogen (secondary N) is 1. The number of rotatable bonds is 6. The number of aromatic nitrogens is 4. The first-order valence-corrected chi connectivity index (χ1v) is 7.89. The van der Waals surface area contributed by atoms with Gasteiger partial charge < -0.3 is 15.9 Å². The van der Waals surface area contributed by atoms with Crippen molar-refractivity contribution in [2.75, 3.05) is 11.1 Å². The molecule has 8 heteroatoms. The minimum atomic E-state index is -0.100. The number of aryl methyl sites for hydroxylation is 1. The van der Waals surface area contributed by atoms with Crippen LogP contribution < -0.4 is 11.1 Å². The summed E-state index contributed by atoms with van der Waals surface area (Å²) in [5.41, 5.74) is 8.57. The molecule has 3 N–H and O–H groups in total. The zero-order chi connectivity index (χ0) is 18.5. The van der Waals surface area contributed by atoms with Gasteiger partial charge in [0.05, 0.1) is 25.0 Å². The van der Waals surface area contributed by atoms with E-state index in [0.29, 0.717) is 18.1 Å². The molecule has 0 spiro atoms. The first kappa shape index (κ1) is 17.1. The van der Waals surface area contributed by atoms with Crippen molar-refractivity contribution in [3.8, 4) is 0 Å². The van der Waals surface area contributed by atoms with E-state index in [0.717, 1.165) is 16.9 Å². The Hall–Kier alpha value is -3.73. The molecule has 8 nitrogen and oxygen atoms in total. The molecule has 0 saturated carbocycles. The maximum Gasteiger partial charge on any atom is 0.296 e. The molecule has 0 saturated heterocycles. The molecule has 0 atom stereocenters. The number of carbonyl (C=O) groups excluding carboxylic acids is 1. The molecule has 0 amide bonds. The lowest BCUT2D eigenvalue weighted by Crippen LogP contribution is -2.10. The second kappa shape index (κ2) is 7.44. The molecule has 0 aliphatic rings. The van der Waals surface area contributed by atoms with Crippen LogP contribution in [0.4, 0.5) is 17.3 Å². The molecule has 3 aromatic heterocycles. The summed E-state index contributed by atoms with van der Waals surface area (Å²) in [5.74, 6) is 0.534. The Balaban J connectivity index is 1.69. The Kier molecular flexibility index (Phi) is 4.90. The minimum Gasteiger partial charge on any atom is -0.382 e. The van der Waals surface area contributed by atoms with Crippen LogP contribution >= 0.6 is 0 Å². The largest absolute Gasteiger partial charge is 0.382 e. The predicted molar refractivity (Wildman–Crippen MR) is 97.7 cm³/mol. The molecular weight excluding hydrogens is 330 g/mol.